The Morgan fingerprint density at radius 3 is 1.21 bits per heavy atom. The minimum atomic E-state index is -0.820. The molecular weight excluding hydrogens is 801 g/mol. The minimum Gasteiger partial charge on any atom is -0.490 e. The Morgan fingerprint density at radius 2 is 0.841 bits per heavy atom. The van der Waals surface area contributed by atoms with Crippen molar-refractivity contribution in [3.8, 4) is 34.3 Å². The molecule has 0 aliphatic carbocycles. The van der Waals surface area contributed by atoms with Crippen LogP contribution in [0.1, 0.15) is 154 Å². The molecule has 0 radical (unpaired) electrons. The summed E-state index contributed by atoms with van der Waals surface area (Å²) < 4.78 is 42.0. The molecule has 13 heteroatoms. The maximum Gasteiger partial charge on any atom is 0.509 e. The van der Waals surface area contributed by atoms with Crippen LogP contribution in [0.5, 0.6) is 11.5 Å². The number of hydrogen-bond donors (Lipinski definition) is 0. The number of hydrogen-bond acceptors (Lipinski definition) is 13. The van der Waals surface area contributed by atoms with Gasteiger partial charge in [-0.15, -0.1) is 0 Å². The van der Waals surface area contributed by atoms with Gasteiger partial charge in [0, 0.05) is 11.1 Å². The molecule has 4 heterocycles. The van der Waals surface area contributed by atoms with Gasteiger partial charge in [-0.3, -0.25) is 0 Å². The standard InChI is InChI=1S/C50H66N4O9/c1-5-9-11-13-15-17-29-57-39-31-51-47(52-32-39)37-25-21-35(22-26-37)43(45-41(19-7-3)59-49(55)62-45)61-44(46-42(20-8-4)60-50(56)63-46)36-23-27-38(28-24-36)48-53-33-40(34-54-48)58-30-18-16-14-12-10-6-2/h21-28,31-34,41-46H,5-20,29-30H2,1-4H3/t41-,42?,43?,44?,45-,46?/m0/s1. The van der Waals surface area contributed by atoms with Gasteiger partial charge in [-0.2, -0.15) is 0 Å². The second kappa shape index (κ2) is 25.1. The van der Waals surface area contributed by atoms with Crippen molar-refractivity contribution in [1.82, 2.24) is 19.9 Å². The molecule has 2 saturated heterocycles. The number of rotatable bonds is 28. The number of cyclic esters (lactones) is 4. The Morgan fingerprint density at radius 1 is 0.476 bits per heavy atom. The Labute approximate surface area is 373 Å². The molecule has 0 spiro atoms. The van der Waals surface area contributed by atoms with E-state index < -0.39 is 48.9 Å². The van der Waals surface area contributed by atoms with E-state index >= 15 is 0 Å². The van der Waals surface area contributed by atoms with Crippen LogP contribution in [0.3, 0.4) is 0 Å². The Balaban J connectivity index is 1.21. The number of aromatic nitrogens is 4. The topological polar surface area (TPSA) is 150 Å². The van der Waals surface area contributed by atoms with Crippen molar-refractivity contribution >= 4 is 12.3 Å². The van der Waals surface area contributed by atoms with Crippen molar-refractivity contribution in [3.63, 3.8) is 0 Å². The van der Waals surface area contributed by atoms with Crippen LogP contribution in [0.2, 0.25) is 0 Å². The molecule has 63 heavy (non-hydrogen) atoms. The van der Waals surface area contributed by atoms with Gasteiger partial charge in [0.25, 0.3) is 0 Å². The van der Waals surface area contributed by atoms with Crippen LogP contribution in [-0.2, 0) is 23.7 Å². The summed E-state index contributed by atoms with van der Waals surface area (Å²) in [6.07, 6.45) is 17.9. The SMILES string of the molecule is CCCCCCCCOc1cnc(-c2ccc(C(OC(c3ccc(-c4ncc(OCCCCCCCC)cn4)cc3)[C@H]3OC(=O)O[C@H]3CCC)C3OC(=O)OC3CCC)cc2)nc1. The summed E-state index contributed by atoms with van der Waals surface area (Å²) >= 11 is 0. The van der Waals surface area contributed by atoms with Crippen molar-refractivity contribution in [3.05, 3.63) is 84.4 Å². The van der Waals surface area contributed by atoms with E-state index in [1.165, 1.54) is 51.4 Å². The van der Waals surface area contributed by atoms with Gasteiger partial charge >= 0.3 is 12.3 Å². The summed E-state index contributed by atoms with van der Waals surface area (Å²) in [7, 11) is 0. The highest BCUT2D eigenvalue weighted by molar-refractivity contribution is 5.64. The zero-order valence-electron chi connectivity index (χ0n) is 37.6. The normalized spacial score (nSPS) is 19.2. The molecule has 4 aromatic rings. The molecule has 2 aliphatic heterocycles. The Hall–Kier alpha value is -5.30. The summed E-state index contributed by atoms with van der Waals surface area (Å²) in [6.45, 7) is 9.75. The van der Waals surface area contributed by atoms with Crippen molar-refractivity contribution in [1.29, 1.82) is 0 Å². The molecule has 2 aromatic carbocycles. The highest BCUT2D eigenvalue weighted by Gasteiger charge is 2.48. The van der Waals surface area contributed by atoms with Gasteiger partial charge in [-0.25, -0.2) is 29.5 Å². The molecule has 13 nitrogen and oxygen atoms in total. The van der Waals surface area contributed by atoms with E-state index in [1.54, 1.807) is 24.8 Å². The molecule has 0 amide bonds. The smallest absolute Gasteiger partial charge is 0.490 e. The Bertz CT molecular complexity index is 1810. The molecule has 2 aromatic heterocycles. The van der Waals surface area contributed by atoms with Gasteiger partial charge in [0.2, 0.25) is 0 Å². The van der Waals surface area contributed by atoms with Crippen LogP contribution < -0.4 is 9.47 Å². The maximum atomic E-state index is 12.7. The fraction of sp³-hybridized carbons (Fsp3) is 0.560. The lowest BCUT2D eigenvalue weighted by molar-refractivity contribution is -0.123. The number of carbonyl (C=O) groups is 2. The first-order chi connectivity index (χ1) is 30.9. The summed E-state index contributed by atoms with van der Waals surface area (Å²) in [5.41, 5.74) is 3.04. The molecule has 340 valence electrons. The predicted molar refractivity (Wildman–Crippen MR) is 239 cm³/mol. The quantitative estimate of drug-likeness (QED) is 0.0394. The molecule has 2 fully saturated rings. The first kappa shape index (κ1) is 47.2. The van der Waals surface area contributed by atoms with E-state index in [0.717, 1.165) is 60.8 Å². The van der Waals surface area contributed by atoms with E-state index in [-0.39, 0.29) is 0 Å². The Kier molecular flexibility index (Phi) is 18.8. The number of nitrogens with zero attached hydrogens (tertiary/aromatic N) is 4. The lowest BCUT2D eigenvalue weighted by atomic mass is 9.93. The van der Waals surface area contributed by atoms with Crippen molar-refractivity contribution in [2.24, 2.45) is 0 Å². The number of carbonyl (C=O) groups excluding carboxylic acids is 2. The number of unbranched alkanes of at least 4 members (excludes halogenated alkanes) is 10. The zero-order chi connectivity index (χ0) is 44.2. The van der Waals surface area contributed by atoms with Gasteiger partial charge < -0.3 is 33.2 Å². The minimum absolute atomic E-state index is 0.542. The molecule has 0 N–H and O–H groups in total. The highest BCUT2D eigenvalue weighted by Crippen LogP contribution is 2.42. The molecule has 6 rings (SSSR count). The predicted octanol–water partition coefficient (Wildman–Crippen LogP) is 12.3. The van der Waals surface area contributed by atoms with E-state index in [0.29, 0.717) is 49.2 Å². The van der Waals surface area contributed by atoms with Gasteiger partial charge in [-0.05, 0) is 36.8 Å². The number of ether oxygens (including phenoxy) is 7. The maximum absolute atomic E-state index is 12.7. The van der Waals surface area contributed by atoms with Crippen LogP contribution in [0.25, 0.3) is 22.8 Å². The summed E-state index contributed by atoms with van der Waals surface area (Å²) in [5, 5.41) is 0. The van der Waals surface area contributed by atoms with Gasteiger partial charge in [0.05, 0.1) is 38.0 Å². The van der Waals surface area contributed by atoms with Crippen LogP contribution in [0.4, 0.5) is 9.59 Å². The van der Waals surface area contributed by atoms with Crippen molar-refractivity contribution in [2.75, 3.05) is 13.2 Å². The molecule has 0 saturated carbocycles. The van der Waals surface area contributed by atoms with E-state index in [9.17, 15) is 9.59 Å². The molecule has 0 bridgehead atoms. The lowest BCUT2D eigenvalue weighted by Crippen LogP contribution is -2.37. The highest BCUT2D eigenvalue weighted by atomic mass is 16.8. The first-order valence-corrected chi connectivity index (χ1v) is 23.4. The van der Waals surface area contributed by atoms with Crippen LogP contribution >= 0.6 is 0 Å². The second-order valence-electron chi connectivity index (χ2n) is 16.5. The van der Waals surface area contributed by atoms with E-state index in [4.69, 9.17) is 33.2 Å². The molecule has 6 atom stereocenters. The lowest BCUT2D eigenvalue weighted by Gasteiger charge is -2.33. The third-order valence-corrected chi connectivity index (χ3v) is 11.5. The van der Waals surface area contributed by atoms with Gasteiger partial charge in [-0.1, -0.05) is 153 Å². The van der Waals surface area contributed by atoms with E-state index in [1.807, 2.05) is 62.4 Å². The van der Waals surface area contributed by atoms with Crippen molar-refractivity contribution < 1.29 is 42.7 Å². The van der Waals surface area contributed by atoms with Gasteiger partial charge in [0.15, 0.2) is 35.4 Å². The molecule has 2 aliphatic rings. The van der Waals surface area contributed by atoms with Crippen molar-refractivity contribution in [2.45, 2.75) is 167 Å². The fourth-order valence-electron chi connectivity index (χ4n) is 8.06. The van der Waals surface area contributed by atoms with Crippen LogP contribution in [-0.4, -0.2) is 69.9 Å². The number of benzene rings is 2. The molecule has 4 unspecified atom stereocenters. The van der Waals surface area contributed by atoms with Crippen LogP contribution in [0, 0.1) is 0 Å². The average molecular weight is 867 g/mol. The first-order valence-electron chi connectivity index (χ1n) is 23.4. The second-order valence-corrected chi connectivity index (χ2v) is 16.5. The summed E-state index contributed by atoms with van der Waals surface area (Å²) in [4.78, 5) is 43.8. The summed E-state index contributed by atoms with van der Waals surface area (Å²) in [6, 6.07) is 15.3. The largest absolute Gasteiger partial charge is 0.509 e. The summed E-state index contributed by atoms with van der Waals surface area (Å²) in [5.74, 6) is 2.35. The third kappa shape index (κ3) is 13.8. The zero-order valence-corrected chi connectivity index (χ0v) is 37.6. The fourth-order valence-corrected chi connectivity index (χ4v) is 8.06. The molecular formula is C50H66N4O9. The van der Waals surface area contributed by atoms with Gasteiger partial charge in [0.1, 0.15) is 24.4 Å². The average Bonchev–Trinajstić information content (AvgIpc) is 3.87. The van der Waals surface area contributed by atoms with Crippen LogP contribution in [0.15, 0.2) is 73.3 Å². The third-order valence-electron chi connectivity index (χ3n) is 11.5. The van der Waals surface area contributed by atoms with E-state index in [2.05, 4.69) is 33.8 Å². The monoisotopic (exact) mass is 866 g/mol.